The van der Waals surface area contributed by atoms with Crippen molar-refractivity contribution in [1.82, 2.24) is 4.57 Å². The standard InChI is InChI=1S/C29H27NO5/c1-18-10-15-22-23(16-18)24(20-8-6-5-7-9-20)25(27(32)33)30(26(22)31)17-19-11-13-21(14-12-19)28(34)35-29(2,3)4/h5-16H,17H2,1-4H3,(H,32,33). The minimum absolute atomic E-state index is 0.0404. The molecule has 4 aromatic rings. The molecule has 35 heavy (non-hydrogen) atoms. The average molecular weight is 470 g/mol. The van der Waals surface area contributed by atoms with Crippen molar-refractivity contribution >= 4 is 22.7 Å². The highest BCUT2D eigenvalue weighted by Gasteiger charge is 2.23. The molecule has 0 spiro atoms. The van der Waals surface area contributed by atoms with E-state index in [9.17, 15) is 19.5 Å². The van der Waals surface area contributed by atoms with E-state index in [0.717, 1.165) is 11.1 Å². The van der Waals surface area contributed by atoms with Crippen molar-refractivity contribution in [3.8, 4) is 11.1 Å². The molecule has 0 aliphatic heterocycles. The normalized spacial score (nSPS) is 11.4. The van der Waals surface area contributed by atoms with Crippen LogP contribution in [-0.4, -0.2) is 27.2 Å². The molecule has 0 atom stereocenters. The Hall–Kier alpha value is -4.19. The minimum atomic E-state index is -1.19. The fourth-order valence-electron chi connectivity index (χ4n) is 4.10. The van der Waals surface area contributed by atoms with Crippen LogP contribution in [0.4, 0.5) is 0 Å². The number of aromatic nitrogens is 1. The van der Waals surface area contributed by atoms with Gasteiger partial charge in [0.25, 0.3) is 5.56 Å². The van der Waals surface area contributed by atoms with Crippen LogP contribution in [-0.2, 0) is 11.3 Å². The molecule has 1 N–H and O–H groups in total. The van der Waals surface area contributed by atoms with Crippen LogP contribution in [0, 0.1) is 6.92 Å². The highest BCUT2D eigenvalue weighted by molar-refractivity contribution is 6.06. The minimum Gasteiger partial charge on any atom is -0.477 e. The van der Waals surface area contributed by atoms with Crippen molar-refractivity contribution in [1.29, 1.82) is 0 Å². The van der Waals surface area contributed by atoms with E-state index in [0.29, 0.717) is 27.5 Å². The van der Waals surface area contributed by atoms with Gasteiger partial charge in [0.15, 0.2) is 0 Å². The summed E-state index contributed by atoms with van der Waals surface area (Å²) in [5.41, 5.74) is 2.15. The zero-order chi connectivity index (χ0) is 25.3. The van der Waals surface area contributed by atoms with E-state index in [1.54, 1.807) is 51.1 Å². The molecule has 3 aromatic carbocycles. The number of hydrogen-bond donors (Lipinski definition) is 1. The number of ether oxygens (including phenoxy) is 1. The highest BCUT2D eigenvalue weighted by Crippen LogP contribution is 2.32. The predicted octanol–water partition coefficient (Wildman–Crippen LogP) is 5.68. The third kappa shape index (κ3) is 5.01. The Balaban J connectivity index is 1.87. The second-order valence-electron chi connectivity index (χ2n) is 9.53. The zero-order valence-electron chi connectivity index (χ0n) is 20.2. The van der Waals surface area contributed by atoms with Crippen molar-refractivity contribution < 1.29 is 19.4 Å². The van der Waals surface area contributed by atoms with Crippen molar-refractivity contribution in [2.24, 2.45) is 0 Å². The Morgan fingerprint density at radius 2 is 1.57 bits per heavy atom. The Labute approximate surface area is 203 Å². The van der Waals surface area contributed by atoms with Gasteiger partial charge in [-0.15, -0.1) is 0 Å². The molecule has 0 radical (unpaired) electrons. The summed E-state index contributed by atoms with van der Waals surface area (Å²) in [6.07, 6.45) is 0. The molecule has 4 rings (SSSR count). The molecule has 1 aromatic heterocycles. The van der Waals surface area contributed by atoms with Gasteiger partial charge in [0.2, 0.25) is 0 Å². The van der Waals surface area contributed by atoms with Gasteiger partial charge in [-0.1, -0.05) is 60.2 Å². The maximum absolute atomic E-state index is 13.5. The molecule has 6 heteroatoms. The summed E-state index contributed by atoms with van der Waals surface area (Å²) >= 11 is 0. The second kappa shape index (κ2) is 9.22. The molecule has 0 amide bonds. The first-order chi connectivity index (χ1) is 16.5. The number of carbonyl (C=O) groups excluding carboxylic acids is 1. The van der Waals surface area contributed by atoms with Crippen LogP contribution >= 0.6 is 0 Å². The number of carboxylic acids is 1. The molecule has 0 saturated heterocycles. The van der Waals surface area contributed by atoms with Crippen molar-refractivity contribution in [2.75, 3.05) is 0 Å². The van der Waals surface area contributed by atoms with E-state index < -0.39 is 17.5 Å². The zero-order valence-corrected chi connectivity index (χ0v) is 20.2. The number of esters is 1. The molecule has 178 valence electrons. The molecule has 0 bridgehead atoms. The van der Waals surface area contributed by atoms with Gasteiger partial charge in [0, 0.05) is 10.9 Å². The van der Waals surface area contributed by atoms with Gasteiger partial charge in [-0.25, -0.2) is 9.59 Å². The maximum Gasteiger partial charge on any atom is 0.353 e. The van der Waals surface area contributed by atoms with E-state index >= 15 is 0 Å². The van der Waals surface area contributed by atoms with Crippen molar-refractivity contribution in [3.05, 3.63) is 106 Å². The Bertz CT molecular complexity index is 1480. The molecule has 1 heterocycles. The number of aryl methyl sites for hydroxylation is 1. The first kappa shape index (κ1) is 24.0. The summed E-state index contributed by atoms with van der Waals surface area (Å²) < 4.78 is 6.70. The number of fused-ring (bicyclic) bond motifs is 1. The molecular formula is C29H27NO5. The Morgan fingerprint density at radius 1 is 0.914 bits per heavy atom. The predicted molar refractivity (Wildman–Crippen MR) is 136 cm³/mol. The van der Waals surface area contributed by atoms with Gasteiger partial charge >= 0.3 is 11.9 Å². The van der Waals surface area contributed by atoms with E-state index in [1.807, 2.05) is 49.4 Å². The van der Waals surface area contributed by atoms with Crippen LogP contribution in [0.2, 0.25) is 0 Å². The number of nitrogens with zero attached hydrogens (tertiary/aromatic N) is 1. The lowest BCUT2D eigenvalue weighted by Crippen LogP contribution is -2.28. The fraction of sp³-hybridized carbons (Fsp3) is 0.207. The van der Waals surface area contributed by atoms with Crippen molar-refractivity contribution in [3.63, 3.8) is 0 Å². The second-order valence-corrected chi connectivity index (χ2v) is 9.53. The molecule has 0 aliphatic carbocycles. The summed E-state index contributed by atoms with van der Waals surface area (Å²) in [5.74, 6) is -1.63. The summed E-state index contributed by atoms with van der Waals surface area (Å²) in [4.78, 5) is 38.4. The molecule has 0 saturated carbocycles. The lowest BCUT2D eigenvalue weighted by Gasteiger charge is -2.20. The molecule has 0 aliphatic rings. The summed E-state index contributed by atoms with van der Waals surface area (Å²) in [6, 6.07) is 21.3. The number of benzene rings is 3. The van der Waals surface area contributed by atoms with Crippen LogP contribution in [0.1, 0.15) is 52.7 Å². The van der Waals surface area contributed by atoms with Gasteiger partial charge in [0.05, 0.1) is 12.1 Å². The number of hydrogen-bond acceptors (Lipinski definition) is 4. The van der Waals surface area contributed by atoms with Gasteiger partial charge in [-0.3, -0.25) is 9.36 Å². The molecule has 6 nitrogen and oxygen atoms in total. The van der Waals surface area contributed by atoms with Gasteiger partial charge < -0.3 is 9.84 Å². The Morgan fingerprint density at radius 3 is 2.17 bits per heavy atom. The summed E-state index contributed by atoms with van der Waals surface area (Å²) in [6.45, 7) is 7.34. The monoisotopic (exact) mass is 469 g/mol. The Kier molecular flexibility index (Phi) is 6.31. The maximum atomic E-state index is 13.5. The molecule has 0 unspecified atom stereocenters. The number of pyridine rings is 1. The van der Waals surface area contributed by atoms with E-state index in [2.05, 4.69) is 0 Å². The van der Waals surface area contributed by atoms with Gasteiger partial charge in [-0.05, 0) is 62.4 Å². The summed E-state index contributed by atoms with van der Waals surface area (Å²) in [5, 5.41) is 11.3. The van der Waals surface area contributed by atoms with Crippen molar-refractivity contribution in [2.45, 2.75) is 39.8 Å². The molecular weight excluding hydrogens is 442 g/mol. The van der Waals surface area contributed by atoms with Gasteiger partial charge in [-0.2, -0.15) is 0 Å². The first-order valence-corrected chi connectivity index (χ1v) is 11.3. The van der Waals surface area contributed by atoms with Crippen LogP contribution in [0.3, 0.4) is 0 Å². The van der Waals surface area contributed by atoms with Crippen LogP contribution in [0.25, 0.3) is 21.9 Å². The van der Waals surface area contributed by atoms with Crippen LogP contribution in [0.5, 0.6) is 0 Å². The van der Waals surface area contributed by atoms with Gasteiger partial charge in [0.1, 0.15) is 11.3 Å². The highest BCUT2D eigenvalue weighted by atomic mass is 16.6. The van der Waals surface area contributed by atoms with E-state index in [-0.39, 0.29) is 17.8 Å². The molecule has 0 fully saturated rings. The van der Waals surface area contributed by atoms with Crippen LogP contribution in [0.15, 0.2) is 77.6 Å². The van der Waals surface area contributed by atoms with Crippen LogP contribution < -0.4 is 5.56 Å². The third-order valence-corrected chi connectivity index (χ3v) is 5.62. The lowest BCUT2D eigenvalue weighted by molar-refractivity contribution is 0.00693. The third-order valence-electron chi connectivity index (χ3n) is 5.62. The topological polar surface area (TPSA) is 85.6 Å². The first-order valence-electron chi connectivity index (χ1n) is 11.3. The number of aromatic carboxylic acids is 1. The van der Waals surface area contributed by atoms with E-state index in [1.165, 1.54) is 4.57 Å². The average Bonchev–Trinajstić information content (AvgIpc) is 2.80. The largest absolute Gasteiger partial charge is 0.477 e. The number of carbonyl (C=O) groups is 2. The number of rotatable bonds is 5. The smallest absolute Gasteiger partial charge is 0.353 e. The quantitative estimate of drug-likeness (QED) is 0.380. The van der Waals surface area contributed by atoms with E-state index in [4.69, 9.17) is 4.74 Å². The number of carboxylic acid groups (broad SMARTS) is 1. The SMILES string of the molecule is Cc1ccc2c(=O)n(Cc3ccc(C(=O)OC(C)(C)C)cc3)c(C(=O)O)c(-c3ccccc3)c2c1. The summed E-state index contributed by atoms with van der Waals surface area (Å²) in [7, 11) is 0. The lowest BCUT2D eigenvalue weighted by atomic mass is 9.95. The fourth-order valence-corrected chi connectivity index (χ4v) is 4.10.